The fourth-order valence-electron chi connectivity index (χ4n) is 3.17. The number of nitrogens with one attached hydrogen (secondary N) is 2. The molecule has 2 rings (SSSR count). The molecule has 1 aromatic carbocycles. The fraction of sp³-hybridized carbons (Fsp3) is 0.615. The minimum Gasteiger partial charge on any atom is -0.467 e. The second-order valence-corrected chi connectivity index (χ2v) is 10.5. The van der Waals surface area contributed by atoms with Crippen LogP contribution in [0.3, 0.4) is 0 Å². The highest BCUT2D eigenvalue weighted by Crippen LogP contribution is 2.32. The van der Waals surface area contributed by atoms with Gasteiger partial charge in [0.1, 0.15) is 12.1 Å². The Hall–Kier alpha value is -3.15. The van der Waals surface area contributed by atoms with Crippen LogP contribution in [0, 0.1) is 22.0 Å². The second kappa shape index (κ2) is 17.4. The number of amides is 2. The lowest BCUT2D eigenvalue weighted by molar-refractivity contribution is -0.384. The van der Waals surface area contributed by atoms with Crippen LogP contribution in [0.2, 0.25) is 0 Å². The van der Waals surface area contributed by atoms with E-state index in [2.05, 4.69) is 15.4 Å². The van der Waals surface area contributed by atoms with E-state index in [0.29, 0.717) is 36.7 Å². The summed E-state index contributed by atoms with van der Waals surface area (Å²) in [7, 11) is 1.31. The molecule has 1 aromatic rings. The van der Waals surface area contributed by atoms with Gasteiger partial charge in [-0.25, -0.2) is 9.59 Å². The van der Waals surface area contributed by atoms with Crippen LogP contribution >= 0.6 is 11.8 Å². The Balaban J connectivity index is 0.000000464. The van der Waals surface area contributed by atoms with Crippen LogP contribution in [0.25, 0.3) is 0 Å². The molecule has 0 aromatic heterocycles. The molecule has 2 amide bonds. The summed E-state index contributed by atoms with van der Waals surface area (Å²) in [6.45, 7) is 5.79. The summed E-state index contributed by atoms with van der Waals surface area (Å²) in [4.78, 5) is 56.8. The van der Waals surface area contributed by atoms with Gasteiger partial charge in [0, 0.05) is 18.6 Å². The van der Waals surface area contributed by atoms with Crippen molar-refractivity contribution in [2.24, 2.45) is 11.8 Å². The van der Waals surface area contributed by atoms with Crippen molar-refractivity contribution in [2.75, 3.05) is 25.7 Å². The summed E-state index contributed by atoms with van der Waals surface area (Å²) >= 11 is 1.57. The smallest absolute Gasteiger partial charge is 0.328 e. The van der Waals surface area contributed by atoms with Crippen molar-refractivity contribution in [1.29, 1.82) is 0 Å². The van der Waals surface area contributed by atoms with Gasteiger partial charge in [0.15, 0.2) is 0 Å². The number of hydrogen-bond donors (Lipinski definition) is 2. The standard InChI is InChI=1S/C17H24N2O5S.C9H15NO3/c1-12(2)11-24-17(21)15(7-8-25-3)18-16(20)10-13-5-4-6-14(9-13)19(22)23;1-6(9(12)13-2)10-8(11)5-7-3-4-7/h4-6,9,12,15H,7-8,10-11H2,1-3H3,(H,18,20);6-7H,3-5H2,1-2H3,(H,10,11). The van der Waals surface area contributed by atoms with Crippen LogP contribution in [-0.2, 0) is 35.1 Å². The molecule has 1 fully saturated rings. The maximum Gasteiger partial charge on any atom is 0.328 e. The molecule has 12 heteroatoms. The van der Waals surface area contributed by atoms with Crippen molar-refractivity contribution in [2.45, 2.75) is 65.0 Å². The number of nitro benzene ring substituents is 1. The van der Waals surface area contributed by atoms with Crippen molar-refractivity contribution < 1.29 is 33.6 Å². The van der Waals surface area contributed by atoms with Gasteiger partial charge in [-0.1, -0.05) is 26.0 Å². The summed E-state index contributed by atoms with van der Waals surface area (Å²) in [5.41, 5.74) is 0.450. The lowest BCUT2D eigenvalue weighted by Gasteiger charge is -2.18. The van der Waals surface area contributed by atoms with Crippen LogP contribution in [0.15, 0.2) is 24.3 Å². The van der Waals surface area contributed by atoms with Crippen molar-refractivity contribution in [1.82, 2.24) is 10.6 Å². The number of non-ortho nitro benzene ring substituents is 1. The van der Waals surface area contributed by atoms with E-state index in [1.54, 1.807) is 24.8 Å². The van der Waals surface area contributed by atoms with E-state index in [1.807, 2.05) is 20.1 Å². The fourth-order valence-corrected chi connectivity index (χ4v) is 3.64. The first-order valence-electron chi connectivity index (χ1n) is 12.5. The minimum atomic E-state index is -0.711. The van der Waals surface area contributed by atoms with Crippen molar-refractivity contribution in [3.63, 3.8) is 0 Å². The topological polar surface area (TPSA) is 154 Å². The monoisotopic (exact) mass is 553 g/mol. The van der Waals surface area contributed by atoms with Crippen molar-refractivity contribution >= 4 is 41.2 Å². The van der Waals surface area contributed by atoms with Gasteiger partial charge in [0.25, 0.3) is 5.69 Å². The Morgan fingerprint density at radius 3 is 2.34 bits per heavy atom. The zero-order chi connectivity index (χ0) is 28.7. The van der Waals surface area contributed by atoms with E-state index < -0.39 is 28.9 Å². The van der Waals surface area contributed by atoms with E-state index in [1.165, 1.54) is 25.3 Å². The quantitative estimate of drug-likeness (QED) is 0.201. The van der Waals surface area contributed by atoms with E-state index in [9.17, 15) is 29.3 Å². The number of thioether (sulfide) groups is 1. The summed E-state index contributed by atoms with van der Waals surface area (Å²) in [5, 5.41) is 16.1. The van der Waals surface area contributed by atoms with Gasteiger partial charge < -0.3 is 20.1 Å². The molecule has 212 valence electrons. The van der Waals surface area contributed by atoms with Gasteiger partial charge in [0.05, 0.1) is 25.1 Å². The molecule has 11 nitrogen and oxygen atoms in total. The number of rotatable bonds is 14. The minimum absolute atomic E-state index is 0.0328. The number of esters is 2. The van der Waals surface area contributed by atoms with Gasteiger partial charge in [0.2, 0.25) is 11.8 Å². The molecule has 0 radical (unpaired) electrons. The number of hydrogen-bond acceptors (Lipinski definition) is 9. The number of benzene rings is 1. The zero-order valence-electron chi connectivity index (χ0n) is 22.7. The van der Waals surface area contributed by atoms with Gasteiger partial charge >= 0.3 is 11.9 Å². The molecule has 2 atom stereocenters. The third-order valence-electron chi connectivity index (χ3n) is 5.38. The van der Waals surface area contributed by atoms with Crippen LogP contribution in [0.1, 0.15) is 52.0 Å². The Morgan fingerprint density at radius 2 is 1.79 bits per heavy atom. The maximum absolute atomic E-state index is 12.2. The zero-order valence-corrected chi connectivity index (χ0v) is 23.5. The van der Waals surface area contributed by atoms with Crippen LogP contribution in [-0.4, -0.2) is 66.5 Å². The normalized spacial score (nSPS) is 13.8. The third kappa shape index (κ3) is 14.0. The average Bonchev–Trinajstić information content (AvgIpc) is 3.68. The predicted molar refractivity (Wildman–Crippen MR) is 144 cm³/mol. The largest absolute Gasteiger partial charge is 0.467 e. The van der Waals surface area contributed by atoms with Gasteiger partial charge in [-0.3, -0.25) is 19.7 Å². The molecule has 0 aliphatic heterocycles. The number of ether oxygens (including phenoxy) is 2. The lowest BCUT2D eigenvalue weighted by atomic mass is 10.1. The number of nitrogens with zero attached hydrogens (tertiary/aromatic N) is 1. The van der Waals surface area contributed by atoms with Crippen molar-refractivity contribution in [3.05, 3.63) is 39.9 Å². The highest BCUT2D eigenvalue weighted by Gasteiger charge is 2.26. The first kappa shape index (κ1) is 32.9. The van der Waals surface area contributed by atoms with Gasteiger partial charge in [-0.2, -0.15) is 11.8 Å². The van der Waals surface area contributed by atoms with Gasteiger partial charge in [-0.15, -0.1) is 0 Å². The lowest BCUT2D eigenvalue weighted by Crippen LogP contribution is -2.43. The highest BCUT2D eigenvalue weighted by molar-refractivity contribution is 7.98. The van der Waals surface area contributed by atoms with Gasteiger partial charge in [-0.05, 0) is 55.6 Å². The molecular weight excluding hydrogens is 514 g/mol. The molecule has 0 spiro atoms. The first-order valence-corrected chi connectivity index (χ1v) is 13.9. The maximum atomic E-state index is 12.2. The summed E-state index contributed by atoms with van der Waals surface area (Å²) < 4.78 is 9.69. The average molecular weight is 554 g/mol. The first-order chi connectivity index (χ1) is 18.0. The van der Waals surface area contributed by atoms with Crippen LogP contribution in [0.4, 0.5) is 5.69 Å². The summed E-state index contributed by atoms with van der Waals surface area (Å²) in [6.07, 6.45) is 5.18. The number of carbonyl (C=O) groups excluding carboxylic acids is 4. The molecule has 0 heterocycles. The Labute approximate surface area is 227 Å². The van der Waals surface area contributed by atoms with E-state index in [4.69, 9.17) is 4.74 Å². The number of methoxy groups -OCH3 is 1. The predicted octanol–water partition coefficient (Wildman–Crippen LogP) is 3.04. The van der Waals surface area contributed by atoms with Crippen molar-refractivity contribution in [3.8, 4) is 0 Å². The summed E-state index contributed by atoms with van der Waals surface area (Å²) in [6, 6.07) is 4.65. The molecule has 1 aliphatic carbocycles. The van der Waals surface area contributed by atoms with Crippen LogP contribution in [0.5, 0.6) is 0 Å². The Bertz CT molecular complexity index is 952. The number of nitro groups is 1. The molecule has 1 aliphatic rings. The van der Waals surface area contributed by atoms with E-state index in [-0.39, 0.29) is 29.8 Å². The Morgan fingerprint density at radius 1 is 1.11 bits per heavy atom. The Kier molecular flexibility index (Phi) is 15.0. The highest BCUT2D eigenvalue weighted by atomic mass is 32.2. The third-order valence-corrected chi connectivity index (χ3v) is 6.02. The molecule has 1 saturated carbocycles. The van der Waals surface area contributed by atoms with E-state index in [0.717, 1.165) is 12.8 Å². The molecule has 38 heavy (non-hydrogen) atoms. The number of carbonyl (C=O) groups is 4. The molecule has 2 N–H and O–H groups in total. The molecular formula is C26H39N3O8S. The van der Waals surface area contributed by atoms with Crippen LogP contribution < -0.4 is 10.6 Å². The van der Waals surface area contributed by atoms with E-state index >= 15 is 0 Å². The molecule has 0 bridgehead atoms. The summed E-state index contributed by atoms with van der Waals surface area (Å²) in [5.74, 6) is 0.196. The second-order valence-electron chi connectivity index (χ2n) is 9.49. The molecule has 2 unspecified atom stereocenters. The SMILES string of the molecule is COC(=O)C(C)NC(=O)CC1CC1.CSCCC(NC(=O)Cc1cccc([N+](=O)[O-])c1)C(=O)OCC(C)C. The molecule has 0 saturated heterocycles.